The van der Waals surface area contributed by atoms with E-state index < -0.39 is 22.0 Å². The molecule has 12 heteroatoms. The first-order valence-corrected chi connectivity index (χ1v) is 12.7. The van der Waals surface area contributed by atoms with E-state index in [9.17, 15) is 18.0 Å². The second-order valence-electron chi connectivity index (χ2n) is 8.18. The number of pyridine rings is 1. The maximum atomic E-state index is 13.2. The zero-order chi connectivity index (χ0) is 25.5. The van der Waals surface area contributed by atoms with Gasteiger partial charge in [-0.1, -0.05) is 17.7 Å². The number of nitrogens with one attached hydrogen (secondary N) is 3. The van der Waals surface area contributed by atoms with Crippen molar-refractivity contribution in [2.75, 3.05) is 11.6 Å². The van der Waals surface area contributed by atoms with Crippen LogP contribution in [0.5, 0.6) is 0 Å². The number of amides is 1. The Morgan fingerprint density at radius 1 is 1.20 bits per heavy atom. The van der Waals surface area contributed by atoms with Gasteiger partial charge in [0.15, 0.2) is 16.9 Å². The third-order valence-electron chi connectivity index (χ3n) is 5.32. The topological polar surface area (TPSA) is 147 Å². The summed E-state index contributed by atoms with van der Waals surface area (Å²) in [5, 5.41) is 10.5. The fourth-order valence-corrected chi connectivity index (χ4v) is 4.35. The van der Waals surface area contributed by atoms with Gasteiger partial charge in [-0.3, -0.25) is 14.7 Å². The summed E-state index contributed by atoms with van der Waals surface area (Å²) in [6, 6.07) is 7.85. The van der Waals surface area contributed by atoms with Gasteiger partial charge in [-0.2, -0.15) is 5.10 Å². The summed E-state index contributed by atoms with van der Waals surface area (Å²) in [5.74, 6) is -0.579. The van der Waals surface area contributed by atoms with Gasteiger partial charge < -0.3 is 9.73 Å². The molecule has 0 fully saturated rings. The average molecular weight is 516 g/mol. The lowest BCUT2D eigenvalue weighted by Gasteiger charge is -2.20. The molecule has 3 N–H and O–H groups in total. The summed E-state index contributed by atoms with van der Waals surface area (Å²) in [6.07, 6.45) is 2.50. The van der Waals surface area contributed by atoms with E-state index in [1.807, 2.05) is 24.6 Å². The number of aromatic amines is 1. The van der Waals surface area contributed by atoms with E-state index in [0.717, 1.165) is 11.8 Å². The molecule has 1 atom stereocenters. The molecular formula is C23H22ClN5O5S. The first-order valence-electron chi connectivity index (χ1n) is 10.5. The Morgan fingerprint density at radius 3 is 2.60 bits per heavy atom. The molecule has 182 valence electrons. The SMILES string of the molecule is Cc1cc([C@@H](C)Nc2ccc(Cl)nc2C(=O)NS(C)(=O)=O)c2oc(-c3cc[nH]n3)c(C)c(=O)c2c1. The van der Waals surface area contributed by atoms with Gasteiger partial charge >= 0.3 is 0 Å². The molecule has 4 aromatic rings. The van der Waals surface area contributed by atoms with Crippen LogP contribution in [0.15, 0.2) is 45.7 Å². The molecule has 0 saturated carbocycles. The van der Waals surface area contributed by atoms with Gasteiger partial charge in [-0.15, -0.1) is 0 Å². The molecule has 0 bridgehead atoms. The highest BCUT2D eigenvalue weighted by Crippen LogP contribution is 2.32. The summed E-state index contributed by atoms with van der Waals surface area (Å²) in [6.45, 7) is 5.36. The van der Waals surface area contributed by atoms with Gasteiger partial charge in [0.1, 0.15) is 16.4 Å². The van der Waals surface area contributed by atoms with Crippen molar-refractivity contribution in [1.29, 1.82) is 0 Å². The average Bonchev–Trinajstić information content (AvgIpc) is 3.30. The molecule has 35 heavy (non-hydrogen) atoms. The van der Waals surface area contributed by atoms with Crippen molar-refractivity contribution in [2.24, 2.45) is 0 Å². The molecular weight excluding hydrogens is 494 g/mol. The fourth-order valence-electron chi connectivity index (χ4n) is 3.77. The van der Waals surface area contributed by atoms with Gasteiger partial charge in [0.25, 0.3) is 5.91 Å². The Hall–Kier alpha value is -3.70. The highest BCUT2D eigenvalue weighted by Gasteiger charge is 2.22. The van der Waals surface area contributed by atoms with E-state index in [1.165, 1.54) is 12.1 Å². The zero-order valence-electron chi connectivity index (χ0n) is 19.3. The summed E-state index contributed by atoms with van der Waals surface area (Å²) in [5.41, 5.74) is 2.67. The number of carbonyl (C=O) groups excluding carboxylic acids is 1. The van der Waals surface area contributed by atoms with Crippen molar-refractivity contribution in [2.45, 2.75) is 26.8 Å². The second kappa shape index (κ2) is 9.16. The number of hydrogen-bond donors (Lipinski definition) is 3. The van der Waals surface area contributed by atoms with Gasteiger partial charge in [0.2, 0.25) is 10.0 Å². The summed E-state index contributed by atoms with van der Waals surface area (Å²) in [4.78, 5) is 29.7. The summed E-state index contributed by atoms with van der Waals surface area (Å²) >= 11 is 5.96. The van der Waals surface area contributed by atoms with E-state index >= 15 is 0 Å². The molecule has 3 heterocycles. The van der Waals surface area contributed by atoms with Gasteiger partial charge in [0, 0.05) is 17.3 Å². The van der Waals surface area contributed by atoms with E-state index in [0.29, 0.717) is 33.6 Å². The molecule has 0 unspecified atom stereocenters. The van der Waals surface area contributed by atoms with Crippen LogP contribution in [0.3, 0.4) is 0 Å². The number of fused-ring (bicyclic) bond motifs is 1. The Morgan fingerprint density at radius 2 is 1.94 bits per heavy atom. The number of rotatable bonds is 6. The third-order valence-corrected chi connectivity index (χ3v) is 6.08. The van der Waals surface area contributed by atoms with Crippen LogP contribution in [0.4, 0.5) is 5.69 Å². The van der Waals surface area contributed by atoms with Crippen molar-refractivity contribution < 1.29 is 17.6 Å². The molecule has 4 rings (SSSR count). The molecule has 0 aliphatic carbocycles. The number of aromatic nitrogens is 3. The number of hydrogen-bond acceptors (Lipinski definition) is 8. The van der Waals surface area contributed by atoms with Gasteiger partial charge in [-0.05, 0) is 50.6 Å². The predicted molar refractivity (Wildman–Crippen MR) is 133 cm³/mol. The van der Waals surface area contributed by atoms with Crippen LogP contribution in [0.1, 0.15) is 40.1 Å². The monoisotopic (exact) mass is 515 g/mol. The normalized spacial score (nSPS) is 12.5. The Labute approximate surface area is 205 Å². The van der Waals surface area contributed by atoms with Crippen LogP contribution in [-0.4, -0.2) is 35.8 Å². The molecule has 10 nitrogen and oxygen atoms in total. The Balaban J connectivity index is 1.82. The molecule has 1 amide bonds. The fraction of sp³-hybridized carbons (Fsp3) is 0.217. The quantitative estimate of drug-likeness (QED) is 0.329. The molecule has 0 saturated heterocycles. The molecule has 0 aliphatic rings. The molecule has 3 aromatic heterocycles. The van der Waals surface area contributed by atoms with E-state index in [-0.39, 0.29) is 22.0 Å². The minimum Gasteiger partial charge on any atom is -0.453 e. The largest absolute Gasteiger partial charge is 0.453 e. The lowest BCUT2D eigenvalue weighted by Crippen LogP contribution is -2.31. The lowest BCUT2D eigenvalue weighted by molar-refractivity contribution is 0.0977. The Bertz CT molecular complexity index is 1610. The number of aryl methyl sites for hydroxylation is 1. The number of carbonyl (C=O) groups is 1. The van der Waals surface area contributed by atoms with Crippen molar-refractivity contribution in [3.05, 3.63) is 74.3 Å². The maximum absolute atomic E-state index is 13.2. The second-order valence-corrected chi connectivity index (χ2v) is 10.3. The van der Waals surface area contributed by atoms with Crippen LogP contribution < -0.4 is 15.5 Å². The number of H-pyrrole nitrogens is 1. The first kappa shape index (κ1) is 24.4. The molecule has 0 spiro atoms. The zero-order valence-corrected chi connectivity index (χ0v) is 20.8. The highest BCUT2D eigenvalue weighted by molar-refractivity contribution is 7.89. The van der Waals surface area contributed by atoms with Crippen molar-refractivity contribution in [3.8, 4) is 11.5 Å². The number of halogens is 1. The van der Waals surface area contributed by atoms with Crippen LogP contribution in [-0.2, 0) is 10.0 Å². The van der Waals surface area contributed by atoms with E-state index in [4.69, 9.17) is 16.0 Å². The van der Waals surface area contributed by atoms with Crippen molar-refractivity contribution in [1.82, 2.24) is 19.9 Å². The summed E-state index contributed by atoms with van der Waals surface area (Å²) < 4.78 is 31.2. The van der Waals surface area contributed by atoms with Crippen LogP contribution >= 0.6 is 11.6 Å². The molecule has 0 aliphatic heterocycles. The lowest BCUT2D eigenvalue weighted by atomic mass is 9.99. The molecule has 0 radical (unpaired) electrons. The smallest absolute Gasteiger partial charge is 0.285 e. The van der Waals surface area contributed by atoms with E-state index in [2.05, 4.69) is 20.5 Å². The number of sulfonamides is 1. The standard InChI is InChI=1S/C23H22ClN5O5S/c1-11-9-14(22-15(10-11)20(30)12(2)21(34-22)17-7-8-25-28-17)13(3)26-16-5-6-18(24)27-19(16)23(31)29-35(4,32)33/h5-10,13,26H,1-4H3,(H,25,28)(H,29,31)/t13-/m1/s1. The maximum Gasteiger partial charge on any atom is 0.285 e. The number of nitrogens with zero attached hydrogens (tertiary/aromatic N) is 2. The predicted octanol–water partition coefficient (Wildman–Crippen LogP) is 3.71. The minimum atomic E-state index is -3.82. The van der Waals surface area contributed by atoms with Crippen molar-refractivity contribution in [3.63, 3.8) is 0 Å². The van der Waals surface area contributed by atoms with Crippen LogP contribution in [0, 0.1) is 13.8 Å². The van der Waals surface area contributed by atoms with Gasteiger partial charge in [0.05, 0.1) is 23.4 Å². The number of benzene rings is 1. The molecule has 1 aromatic carbocycles. The number of anilines is 1. The van der Waals surface area contributed by atoms with Crippen LogP contribution in [0.2, 0.25) is 5.15 Å². The van der Waals surface area contributed by atoms with Crippen LogP contribution in [0.25, 0.3) is 22.4 Å². The Kier molecular flexibility index (Phi) is 6.39. The summed E-state index contributed by atoms with van der Waals surface area (Å²) in [7, 11) is -3.82. The first-order chi connectivity index (χ1) is 16.4. The highest BCUT2D eigenvalue weighted by atomic mass is 35.5. The van der Waals surface area contributed by atoms with Gasteiger partial charge in [-0.25, -0.2) is 18.1 Å². The third kappa shape index (κ3) is 5.05. The van der Waals surface area contributed by atoms with E-state index in [1.54, 1.807) is 25.3 Å². The van der Waals surface area contributed by atoms with Crippen molar-refractivity contribution >= 4 is 44.2 Å². The minimum absolute atomic E-state index is 0.0213.